The summed E-state index contributed by atoms with van der Waals surface area (Å²) in [5, 5.41) is 6.92. The molecule has 1 atom stereocenters. The molecule has 2 aromatic rings. The second-order valence-corrected chi connectivity index (χ2v) is 7.16. The SMILES string of the molecule is CN=C(NCc1ccc(OC)c(Br)c1)NC1CCN(c2ccccc2)C1.I. The largest absolute Gasteiger partial charge is 0.496 e. The van der Waals surface area contributed by atoms with Crippen LogP contribution in [0.1, 0.15) is 12.0 Å². The Morgan fingerprint density at radius 2 is 2.04 bits per heavy atom. The molecule has 0 aromatic heterocycles. The molecule has 7 heteroatoms. The second-order valence-electron chi connectivity index (χ2n) is 6.31. The highest BCUT2D eigenvalue weighted by molar-refractivity contribution is 14.0. The summed E-state index contributed by atoms with van der Waals surface area (Å²) < 4.78 is 6.23. The predicted molar refractivity (Wildman–Crippen MR) is 127 cm³/mol. The van der Waals surface area contributed by atoms with E-state index in [1.165, 1.54) is 5.69 Å². The van der Waals surface area contributed by atoms with Gasteiger partial charge in [0.25, 0.3) is 0 Å². The molecule has 1 unspecified atom stereocenters. The number of hydrogen-bond donors (Lipinski definition) is 2. The fourth-order valence-electron chi connectivity index (χ4n) is 3.15. The number of para-hydroxylation sites is 1. The molecule has 2 N–H and O–H groups in total. The molecule has 1 heterocycles. The highest BCUT2D eigenvalue weighted by atomic mass is 127. The van der Waals surface area contributed by atoms with Gasteiger partial charge in [-0.1, -0.05) is 24.3 Å². The smallest absolute Gasteiger partial charge is 0.191 e. The van der Waals surface area contributed by atoms with Crippen molar-refractivity contribution in [3.63, 3.8) is 0 Å². The van der Waals surface area contributed by atoms with E-state index in [1.807, 2.05) is 13.1 Å². The molecule has 1 aliphatic rings. The van der Waals surface area contributed by atoms with E-state index < -0.39 is 0 Å². The third kappa shape index (κ3) is 6.00. The monoisotopic (exact) mass is 544 g/mol. The van der Waals surface area contributed by atoms with Crippen LogP contribution >= 0.6 is 39.9 Å². The van der Waals surface area contributed by atoms with Gasteiger partial charge in [0.15, 0.2) is 5.96 Å². The summed E-state index contributed by atoms with van der Waals surface area (Å²) in [5.41, 5.74) is 2.45. The zero-order valence-electron chi connectivity index (χ0n) is 15.6. The summed E-state index contributed by atoms with van der Waals surface area (Å²) in [4.78, 5) is 6.77. The van der Waals surface area contributed by atoms with Crippen molar-refractivity contribution in [3.8, 4) is 5.75 Å². The first kappa shape index (κ1) is 21.8. The van der Waals surface area contributed by atoms with Crippen LogP contribution in [0.2, 0.25) is 0 Å². The maximum Gasteiger partial charge on any atom is 0.191 e. The number of anilines is 1. The molecule has 5 nitrogen and oxygen atoms in total. The van der Waals surface area contributed by atoms with Crippen molar-refractivity contribution in [1.82, 2.24) is 10.6 Å². The fraction of sp³-hybridized carbons (Fsp3) is 0.350. The van der Waals surface area contributed by atoms with E-state index in [0.717, 1.165) is 41.3 Å². The first-order chi connectivity index (χ1) is 12.7. The normalized spacial score (nSPS) is 16.6. The van der Waals surface area contributed by atoms with Crippen molar-refractivity contribution in [1.29, 1.82) is 0 Å². The topological polar surface area (TPSA) is 48.9 Å². The summed E-state index contributed by atoms with van der Waals surface area (Å²) in [6.45, 7) is 2.75. The lowest BCUT2D eigenvalue weighted by molar-refractivity contribution is 0.412. The van der Waals surface area contributed by atoms with Crippen molar-refractivity contribution in [2.45, 2.75) is 19.0 Å². The molecule has 2 aromatic carbocycles. The zero-order valence-corrected chi connectivity index (χ0v) is 19.5. The number of nitrogens with one attached hydrogen (secondary N) is 2. The van der Waals surface area contributed by atoms with Crippen molar-refractivity contribution < 1.29 is 4.74 Å². The molecule has 0 aliphatic carbocycles. The van der Waals surface area contributed by atoms with Gasteiger partial charge in [0.1, 0.15) is 5.75 Å². The van der Waals surface area contributed by atoms with Crippen molar-refractivity contribution in [2.75, 3.05) is 32.1 Å². The van der Waals surface area contributed by atoms with Crippen LogP contribution in [0, 0.1) is 0 Å². The first-order valence-corrected chi connectivity index (χ1v) is 9.58. The van der Waals surface area contributed by atoms with Gasteiger partial charge in [-0.25, -0.2) is 0 Å². The summed E-state index contributed by atoms with van der Waals surface area (Å²) in [6, 6.07) is 17.0. The van der Waals surface area contributed by atoms with Gasteiger partial charge in [0.05, 0.1) is 11.6 Å². The third-order valence-electron chi connectivity index (χ3n) is 4.55. The maximum atomic E-state index is 5.27. The fourth-order valence-corrected chi connectivity index (χ4v) is 3.73. The van der Waals surface area contributed by atoms with E-state index in [-0.39, 0.29) is 24.0 Å². The lowest BCUT2D eigenvalue weighted by Crippen LogP contribution is -2.44. The number of halogens is 2. The van der Waals surface area contributed by atoms with Gasteiger partial charge in [-0.3, -0.25) is 4.99 Å². The average molecular weight is 545 g/mol. The molecule has 0 amide bonds. The van der Waals surface area contributed by atoms with E-state index in [2.05, 4.69) is 78.9 Å². The van der Waals surface area contributed by atoms with Crippen LogP contribution in [0.25, 0.3) is 0 Å². The molecule has 0 bridgehead atoms. The Kier molecular flexibility index (Phi) is 8.69. The Labute approximate surface area is 186 Å². The van der Waals surface area contributed by atoms with E-state index in [1.54, 1.807) is 7.11 Å². The molecule has 0 radical (unpaired) electrons. The van der Waals surface area contributed by atoms with Crippen LogP contribution in [-0.2, 0) is 6.54 Å². The lowest BCUT2D eigenvalue weighted by atomic mass is 10.2. The number of guanidine groups is 1. The Bertz CT molecular complexity index is 757. The van der Waals surface area contributed by atoms with Gasteiger partial charge in [0.2, 0.25) is 0 Å². The molecular formula is C20H26BrIN4O. The lowest BCUT2D eigenvalue weighted by Gasteiger charge is -2.20. The number of benzene rings is 2. The minimum atomic E-state index is 0. The van der Waals surface area contributed by atoms with Gasteiger partial charge in [0, 0.05) is 38.4 Å². The predicted octanol–water partition coefficient (Wildman–Crippen LogP) is 4.02. The molecular weight excluding hydrogens is 519 g/mol. The van der Waals surface area contributed by atoms with Crippen LogP contribution in [-0.4, -0.2) is 39.2 Å². The maximum absolute atomic E-state index is 5.27. The minimum Gasteiger partial charge on any atom is -0.496 e. The Morgan fingerprint density at radius 3 is 2.70 bits per heavy atom. The number of nitrogens with zero attached hydrogens (tertiary/aromatic N) is 2. The molecule has 146 valence electrons. The van der Waals surface area contributed by atoms with Gasteiger partial charge in [-0.05, 0) is 52.2 Å². The van der Waals surface area contributed by atoms with Crippen LogP contribution < -0.4 is 20.3 Å². The molecule has 1 saturated heterocycles. The number of ether oxygens (including phenoxy) is 1. The van der Waals surface area contributed by atoms with Gasteiger partial charge in [-0.15, -0.1) is 24.0 Å². The standard InChI is InChI=1S/C20H25BrN4O.HI/c1-22-20(23-13-15-8-9-19(26-2)18(21)12-15)24-16-10-11-25(14-16)17-6-4-3-5-7-17;/h3-9,12,16H,10-11,13-14H2,1-2H3,(H2,22,23,24);1H. The van der Waals surface area contributed by atoms with E-state index in [9.17, 15) is 0 Å². The van der Waals surface area contributed by atoms with Crippen molar-refractivity contribution in [2.24, 2.45) is 4.99 Å². The average Bonchev–Trinajstić information content (AvgIpc) is 3.14. The Balaban J connectivity index is 0.00000261. The third-order valence-corrected chi connectivity index (χ3v) is 5.17. The highest BCUT2D eigenvalue weighted by Crippen LogP contribution is 2.25. The zero-order chi connectivity index (χ0) is 18.4. The highest BCUT2D eigenvalue weighted by Gasteiger charge is 2.23. The summed E-state index contributed by atoms with van der Waals surface area (Å²) in [6.07, 6.45) is 1.10. The second kappa shape index (κ2) is 10.8. The summed E-state index contributed by atoms with van der Waals surface area (Å²) in [7, 11) is 3.48. The number of hydrogen-bond acceptors (Lipinski definition) is 3. The van der Waals surface area contributed by atoms with Gasteiger partial charge < -0.3 is 20.3 Å². The Hall–Kier alpha value is -1.48. The minimum absolute atomic E-state index is 0. The molecule has 0 spiro atoms. The quantitative estimate of drug-likeness (QED) is 0.339. The first-order valence-electron chi connectivity index (χ1n) is 8.79. The molecule has 1 aliphatic heterocycles. The molecule has 3 rings (SSSR count). The molecule has 1 fully saturated rings. The van der Waals surface area contributed by atoms with E-state index in [0.29, 0.717) is 12.6 Å². The molecule has 0 saturated carbocycles. The van der Waals surface area contributed by atoms with Crippen molar-refractivity contribution in [3.05, 3.63) is 58.6 Å². The number of aliphatic imine (C=N–C) groups is 1. The number of methoxy groups -OCH3 is 1. The summed E-state index contributed by atoms with van der Waals surface area (Å²) in [5.74, 6) is 1.67. The van der Waals surface area contributed by atoms with E-state index in [4.69, 9.17) is 4.74 Å². The van der Waals surface area contributed by atoms with Gasteiger partial charge in [-0.2, -0.15) is 0 Å². The van der Waals surface area contributed by atoms with Crippen LogP contribution in [0.15, 0.2) is 58.0 Å². The van der Waals surface area contributed by atoms with Gasteiger partial charge >= 0.3 is 0 Å². The van der Waals surface area contributed by atoms with Crippen LogP contribution in [0.4, 0.5) is 5.69 Å². The van der Waals surface area contributed by atoms with Crippen LogP contribution in [0.3, 0.4) is 0 Å². The summed E-state index contributed by atoms with van der Waals surface area (Å²) >= 11 is 3.53. The van der Waals surface area contributed by atoms with Crippen molar-refractivity contribution >= 4 is 51.6 Å². The Morgan fingerprint density at radius 1 is 1.26 bits per heavy atom. The molecule has 27 heavy (non-hydrogen) atoms. The number of rotatable bonds is 5. The van der Waals surface area contributed by atoms with Crippen LogP contribution in [0.5, 0.6) is 5.75 Å². The van der Waals surface area contributed by atoms with E-state index >= 15 is 0 Å².